The van der Waals surface area contributed by atoms with Crippen LogP contribution in [-0.2, 0) is 0 Å². The van der Waals surface area contributed by atoms with Gasteiger partial charge in [-0.3, -0.25) is 4.98 Å². The van der Waals surface area contributed by atoms with Gasteiger partial charge in [0.05, 0.1) is 17.6 Å². The van der Waals surface area contributed by atoms with Gasteiger partial charge in [0.2, 0.25) is 0 Å². The van der Waals surface area contributed by atoms with Crippen LogP contribution in [0.15, 0.2) is 103 Å². The van der Waals surface area contributed by atoms with Crippen molar-refractivity contribution >= 4 is 53.7 Å². The second-order valence-electron chi connectivity index (χ2n) is 7.40. The highest BCUT2D eigenvalue weighted by atomic mass is 32.1. The number of benzene rings is 4. The topological polar surface area (TPSA) is 24.9 Å². The molecule has 0 radical (unpaired) electrons. The molecule has 0 aliphatic carbocycles. The summed E-state index contributed by atoms with van der Waals surface area (Å²) in [7, 11) is 0. The predicted molar refractivity (Wildman–Crippen MR) is 130 cm³/mol. The van der Waals surface area contributed by atoms with Gasteiger partial charge in [0, 0.05) is 31.4 Å². The van der Waals surface area contributed by atoms with Crippen LogP contribution in [0.5, 0.6) is 0 Å². The zero-order valence-corrected chi connectivity index (χ0v) is 17.0. The zero-order chi connectivity index (χ0) is 19.9. The van der Waals surface area contributed by atoms with Gasteiger partial charge in [0.25, 0.3) is 0 Å². The van der Waals surface area contributed by atoms with E-state index in [9.17, 15) is 0 Å². The van der Waals surface area contributed by atoms with E-state index < -0.39 is 0 Å². The van der Waals surface area contributed by atoms with E-state index in [0.29, 0.717) is 0 Å². The number of nitrogens with zero attached hydrogens (tertiary/aromatic N) is 1. The minimum Gasteiger partial charge on any atom is -0.354 e. The van der Waals surface area contributed by atoms with Crippen molar-refractivity contribution in [2.45, 2.75) is 0 Å². The van der Waals surface area contributed by atoms with Crippen LogP contribution >= 0.6 is 11.3 Å². The number of nitrogens with one attached hydrogen (secondary N) is 1. The molecule has 0 spiro atoms. The zero-order valence-electron chi connectivity index (χ0n) is 16.2. The first-order chi connectivity index (χ1) is 14.8. The van der Waals surface area contributed by atoms with Crippen molar-refractivity contribution in [1.29, 1.82) is 0 Å². The van der Waals surface area contributed by atoms with Gasteiger partial charge in [-0.2, -0.15) is 0 Å². The summed E-state index contributed by atoms with van der Waals surface area (Å²) in [5.74, 6) is 0. The maximum Gasteiger partial charge on any atom is 0.0703 e. The van der Waals surface area contributed by atoms with Crippen molar-refractivity contribution in [2.75, 3.05) is 5.32 Å². The number of aromatic nitrogens is 1. The summed E-state index contributed by atoms with van der Waals surface area (Å²) in [6, 6.07) is 34.1. The van der Waals surface area contributed by atoms with Crippen molar-refractivity contribution in [3.63, 3.8) is 0 Å². The smallest absolute Gasteiger partial charge is 0.0703 e. The van der Waals surface area contributed by atoms with Crippen LogP contribution < -0.4 is 5.32 Å². The molecule has 2 heterocycles. The third-order valence-corrected chi connectivity index (χ3v) is 6.69. The number of hydrogen-bond acceptors (Lipinski definition) is 3. The Morgan fingerprint density at radius 2 is 1.43 bits per heavy atom. The number of fused-ring (bicyclic) bond motifs is 5. The van der Waals surface area contributed by atoms with Gasteiger partial charge in [-0.1, -0.05) is 72.8 Å². The molecule has 0 aliphatic rings. The summed E-state index contributed by atoms with van der Waals surface area (Å²) in [4.78, 5) is 4.62. The third kappa shape index (κ3) is 2.92. The Balaban J connectivity index is 1.36. The molecular weight excluding hydrogens is 384 g/mol. The van der Waals surface area contributed by atoms with Gasteiger partial charge in [-0.15, -0.1) is 11.3 Å². The molecular formula is C27H18N2S. The summed E-state index contributed by atoms with van der Waals surface area (Å²) in [5.41, 5.74) is 4.17. The van der Waals surface area contributed by atoms with Crippen LogP contribution in [-0.4, -0.2) is 4.98 Å². The molecule has 142 valence electrons. The lowest BCUT2D eigenvalue weighted by Gasteiger charge is -2.07. The van der Waals surface area contributed by atoms with Gasteiger partial charge in [0.1, 0.15) is 0 Å². The summed E-state index contributed by atoms with van der Waals surface area (Å²) in [5, 5.41) is 8.75. The van der Waals surface area contributed by atoms with Crippen molar-refractivity contribution in [3.8, 4) is 11.3 Å². The first-order valence-electron chi connectivity index (χ1n) is 9.98. The summed E-state index contributed by atoms with van der Waals surface area (Å²) >= 11 is 1.86. The molecule has 2 nitrogen and oxygen atoms in total. The van der Waals surface area contributed by atoms with Crippen LogP contribution in [0, 0.1) is 0 Å². The van der Waals surface area contributed by atoms with Crippen molar-refractivity contribution in [2.24, 2.45) is 0 Å². The number of pyridine rings is 1. The largest absolute Gasteiger partial charge is 0.354 e. The molecule has 0 amide bonds. The normalized spacial score (nSPS) is 11.3. The fourth-order valence-corrected chi connectivity index (χ4v) is 5.27. The predicted octanol–water partition coefficient (Wildman–Crippen LogP) is 8.01. The van der Waals surface area contributed by atoms with E-state index in [1.807, 2.05) is 35.7 Å². The molecule has 0 fully saturated rings. The van der Waals surface area contributed by atoms with Gasteiger partial charge < -0.3 is 5.32 Å². The monoisotopic (exact) mass is 402 g/mol. The first kappa shape index (κ1) is 17.2. The SMILES string of the molecule is c1ccc(-c2ccc(Nc3ccc4c(c3)sc3c5ccccc5ccc43)cn2)cc1. The Morgan fingerprint density at radius 1 is 0.633 bits per heavy atom. The first-order valence-corrected chi connectivity index (χ1v) is 10.8. The Morgan fingerprint density at radius 3 is 2.30 bits per heavy atom. The van der Waals surface area contributed by atoms with E-state index >= 15 is 0 Å². The Kier molecular flexibility index (Phi) is 4.00. The van der Waals surface area contributed by atoms with Gasteiger partial charge in [-0.25, -0.2) is 0 Å². The minimum atomic E-state index is 0.980. The van der Waals surface area contributed by atoms with Crippen LogP contribution in [0.4, 0.5) is 11.4 Å². The van der Waals surface area contributed by atoms with E-state index in [1.165, 1.54) is 30.9 Å². The lowest BCUT2D eigenvalue weighted by atomic mass is 10.1. The second-order valence-corrected chi connectivity index (χ2v) is 8.45. The number of hydrogen-bond donors (Lipinski definition) is 1. The second kappa shape index (κ2) is 6.97. The number of anilines is 2. The molecule has 0 saturated carbocycles. The summed E-state index contributed by atoms with van der Waals surface area (Å²) in [6.07, 6.45) is 1.89. The van der Waals surface area contributed by atoms with Gasteiger partial charge in [-0.05, 0) is 35.0 Å². The van der Waals surface area contributed by atoms with Gasteiger partial charge in [0.15, 0.2) is 0 Å². The molecule has 0 unspecified atom stereocenters. The van der Waals surface area contributed by atoms with Crippen LogP contribution in [0.25, 0.3) is 42.2 Å². The average molecular weight is 403 g/mol. The molecule has 30 heavy (non-hydrogen) atoms. The highest BCUT2D eigenvalue weighted by molar-refractivity contribution is 7.26. The number of rotatable bonds is 3. The number of thiophene rings is 1. The molecule has 0 atom stereocenters. The van der Waals surface area contributed by atoms with Crippen molar-refractivity contribution in [3.05, 3.63) is 103 Å². The van der Waals surface area contributed by atoms with E-state index in [0.717, 1.165) is 22.6 Å². The summed E-state index contributed by atoms with van der Waals surface area (Å²) in [6.45, 7) is 0. The third-order valence-electron chi connectivity index (χ3n) is 5.49. The molecule has 0 bridgehead atoms. The Labute approximate surface area is 178 Å². The maximum atomic E-state index is 4.62. The molecule has 4 aromatic carbocycles. The molecule has 0 saturated heterocycles. The maximum absolute atomic E-state index is 4.62. The molecule has 1 N–H and O–H groups in total. The Bertz CT molecular complexity index is 1500. The highest BCUT2D eigenvalue weighted by Crippen LogP contribution is 2.39. The molecule has 3 heteroatoms. The highest BCUT2D eigenvalue weighted by Gasteiger charge is 2.09. The quantitative estimate of drug-likeness (QED) is 0.324. The Hall–Kier alpha value is -3.69. The molecule has 6 rings (SSSR count). The fraction of sp³-hybridized carbons (Fsp3) is 0. The lowest BCUT2D eigenvalue weighted by Crippen LogP contribution is -1.91. The van der Waals surface area contributed by atoms with E-state index in [-0.39, 0.29) is 0 Å². The summed E-state index contributed by atoms with van der Waals surface area (Å²) < 4.78 is 2.65. The van der Waals surface area contributed by atoms with E-state index in [4.69, 9.17) is 0 Å². The minimum absolute atomic E-state index is 0.980. The molecule has 6 aromatic rings. The molecule has 2 aromatic heterocycles. The van der Waals surface area contributed by atoms with Crippen LogP contribution in [0.3, 0.4) is 0 Å². The van der Waals surface area contributed by atoms with Crippen LogP contribution in [0.2, 0.25) is 0 Å². The van der Waals surface area contributed by atoms with Crippen molar-refractivity contribution in [1.82, 2.24) is 4.98 Å². The van der Waals surface area contributed by atoms with Crippen LogP contribution in [0.1, 0.15) is 0 Å². The van der Waals surface area contributed by atoms with E-state index in [1.54, 1.807) is 0 Å². The molecule has 0 aliphatic heterocycles. The van der Waals surface area contributed by atoms with E-state index in [2.05, 4.69) is 89.2 Å². The fourth-order valence-electron chi connectivity index (χ4n) is 4.00. The lowest BCUT2D eigenvalue weighted by molar-refractivity contribution is 1.32. The van der Waals surface area contributed by atoms with Gasteiger partial charge >= 0.3 is 0 Å². The average Bonchev–Trinajstić information content (AvgIpc) is 3.18. The van der Waals surface area contributed by atoms with Crippen molar-refractivity contribution < 1.29 is 0 Å². The standard InChI is InChI=1S/C27H18N2S/c1-2-7-19(8-3-1)25-15-12-21(17-28-25)29-20-11-14-23-24-13-10-18-6-4-5-9-22(18)27(24)30-26(23)16-20/h1-17,29H.